The van der Waals surface area contributed by atoms with Crippen molar-refractivity contribution in [2.75, 3.05) is 6.26 Å². The molecule has 1 aromatic heterocycles. The van der Waals surface area contributed by atoms with Crippen LogP contribution in [0.5, 0.6) is 0 Å². The molecule has 0 bridgehead atoms. The van der Waals surface area contributed by atoms with Gasteiger partial charge in [0.05, 0.1) is 10.5 Å². The van der Waals surface area contributed by atoms with E-state index in [0.29, 0.717) is 5.02 Å². The fourth-order valence-corrected chi connectivity index (χ4v) is 2.12. The maximum atomic E-state index is 13.0. The second kappa shape index (κ2) is 3.24. The molecule has 2 aromatic rings. The molecule has 2 rings (SSSR count). The molecule has 1 aromatic carbocycles. The number of nitrogens with one attached hydrogen (secondary N) is 1. The third-order valence-electron chi connectivity index (χ3n) is 1.89. The molecule has 1 heterocycles. The highest BCUT2D eigenvalue weighted by Crippen LogP contribution is 2.31. The summed E-state index contributed by atoms with van der Waals surface area (Å²) in [4.78, 5) is 4.03. The van der Waals surface area contributed by atoms with Gasteiger partial charge in [0.15, 0.2) is 0 Å². The van der Waals surface area contributed by atoms with Crippen LogP contribution in [0, 0.1) is 5.82 Å². The number of aromatic nitrogens is 1. The molecule has 0 unspecified atom stereocenters. The Balaban J connectivity index is 2.82. The zero-order chi connectivity index (χ0) is 9.42. The molecule has 0 saturated heterocycles. The molecule has 0 aliphatic carbocycles. The van der Waals surface area contributed by atoms with Gasteiger partial charge >= 0.3 is 0 Å². The van der Waals surface area contributed by atoms with Crippen LogP contribution in [-0.4, -0.2) is 11.2 Å². The minimum absolute atomic E-state index is 0.299. The van der Waals surface area contributed by atoms with Crippen LogP contribution in [0.2, 0.25) is 5.02 Å². The Bertz CT molecular complexity index is 452. The highest BCUT2D eigenvalue weighted by atomic mass is 35.5. The quantitative estimate of drug-likeness (QED) is 0.718. The third kappa shape index (κ3) is 1.42. The highest BCUT2D eigenvalue weighted by molar-refractivity contribution is 7.98. The van der Waals surface area contributed by atoms with E-state index < -0.39 is 0 Å². The average Bonchev–Trinajstić information content (AvgIpc) is 2.47. The summed E-state index contributed by atoms with van der Waals surface area (Å²) in [5, 5.41) is 1.27. The van der Waals surface area contributed by atoms with Gasteiger partial charge in [-0.2, -0.15) is 0 Å². The van der Waals surface area contributed by atoms with Crippen LogP contribution in [0.15, 0.2) is 23.2 Å². The lowest BCUT2D eigenvalue weighted by Crippen LogP contribution is -1.76. The summed E-state index contributed by atoms with van der Waals surface area (Å²) in [7, 11) is 0. The van der Waals surface area contributed by atoms with Gasteiger partial charge < -0.3 is 4.98 Å². The number of hydrogen-bond donors (Lipinski definition) is 1. The zero-order valence-electron chi connectivity index (χ0n) is 6.90. The van der Waals surface area contributed by atoms with Crippen molar-refractivity contribution in [1.82, 2.24) is 4.98 Å². The van der Waals surface area contributed by atoms with Gasteiger partial charge in [-0.1, -0.05) is 11.6 Å². The van der Waals surface area contributed by atoms with Gasteiger partial charge in [-0.3, -0.25) is 0 Å². The van der Waals surface area contributed by atoms with Gasteiger partial charge in [0.25, 0.3) is 0 Å². The van der Waals surface area contributed by atoms with Gasteiger partial charge in [0, 0.05) is 16.5 Å². The molecule has 1 N–H and O–H groups in total. The summed E-state index contributed by atoms with van der Waals surface area (Å²) in [6.45, 7) is 0. The lowest BCUT2D eigenvalue weighted by Gasteiger charge is -1.96. The monoisotopic (exact) mass is 215 g/mol. The molecular weight excluding hydrogens is 209 g/mol. The van der Waals surface area contributed by atoms with Crippen LogP contribution in [0.1, 0.15) is 0 Å². The average molecular weight is 216 g/mol. The Morgan fingerprint density at radius 3 is 2.92 bits per heavy atom. The number of halogens is 2. The van der Waals surface area contributed by atoms with Gasteiger partial charge in [0.1, 0.15) is 5.82 Å². The summed E-state index contributed by atoms with van der Waals surface area (Å²) in [6.07, 6.45) is 3.78. The minimum Gasteiger partial charge on any atom is -0.359 e. The van der Waals surface area contributed by atoms with Crippen LogP contribution in [0.3, 0.4) is 0 Å². The summed E-state index contributed by atoms with van der Waals surface area (Å²) in [5.41, 5.74) is 0.799. The van der Waals surface area contributed by atoms with Crippen molar-refractivity contribution in [3.63, 3.8) is 0 Å². The van der Waals surface area contributed by atoms with Crippen molar-refractivity contribution >= 4 is 34.3 Å². The zero-order valence-corrected chi connectivity index (χ0v) is 8.47. The molecule has 0 aliphatic rings. The molecule has 0 radical (unpaired) electrons. The maximum Gasteiger partial charge on any atom is 0.125 e. The van der Waals surface area contributed by atoms with E-state index in [1.165, 1.54) is 12.1 Å². The summed E-state index contributed by atoms with van der Waals surface area (Å²) in [6, 6.07) is 2.80. The lowest BCUT2D eigenvalue weighted by molar-refractivity contribution is 0.629. The Hall–Kier alpha value is -0.670. The van der Waals surface area contributed by atoms with Crippen molar-refractivity contribution in [1.29, 1.82) is 0 Å². The molecule has 68 valence electrons. The van der Waals surface area contributed by atoms with Crippen molar-refractivity contribution in [3.05, 3.63) is 29.2 Å². The molecule has 0 saturated carbocycles. The first-order chi connectivity index (χ1) is 6.22. The van der Waals surface area contributed by atoms with E-state index in [0.717, 1.165) is 15.8 Å². The van der Waals surface area contributed by atoms with Gasteiger partial charge in [0.2, 0.25) is 0 Å². The Kier molecular flexibility index (Phi) is 2.22. The fourth-order valence-electron chi connectivity index (χ4n) is 1.30. The first kappa shape index (κ1) is 8.91. The fraction of sp³-hybridized carbons (Fsp3) is 0.111. The van der Waals surface area contributed by atoms with Crippen LogP contribution < -0.4 is 0 Å². The molecule has 0 aliphatic heterocycles. The van der Waals surface area contributed by atoms with E-state index >= 15 is 0 Å². The molecular formula is C9H7ClFNS. The smallest absolute Gasteiger partial charge is 0.125 e. The van der Waals surface area contributed by atoms with E-state index in [2.05, 4.69) is 4.98 Å². The van der Waals surface area contributed by atoms with E-state index in [4.69, 9.17) is 11.6 Å². The van der Waals surface area contributed by atoms with Crippen molar-refractivity contribution in [2.24, 2.45) is 0 Å². The summed E-state index contributed by atoms with van der Waals surface area (Å²) in [5.74, 6) is -0.299. The largest absolute Gasteiger partial charge is 0.359 e. The molecule has 13 heavy (non-hydrogen) atoms. The number of benzene rings is 1. The Labute approximate surface area is 84.3 Å². The SMILES string of the molecule is CSc1c[nH]c2c(Cl)cc(F)cc12. The Morgan fingerprint density at radius 2 is 2.23 bits per heavy atom. The molecule has 0 spiro atoms. The Morgan fingerprint density at radius 1 is 1.46 bits per heavy atom. The van der Waals surface area contributed by atoms with E-state index in [9.17, 15) is 4.39 Å². The number of hydrogen-bond acceptors (Lipinski definition) is 1. The lowest BCUT2D eigenvalue weighted by atomic mass is 10.2. The van der Waals surface area contributed by atoms with Crippen molar-refractivity contribution < 1.29 is 4.39 Å². The normalized spacial score (nSPS) is 11.0. The number of fused-ring (bicyclic) bond motifs is 1. The topological polar surface area (TPSA) is 15.8 Å². The highest BCUT2D eigenvalue weighted by Gasteiger charge is 2.07. The molecule has 0 atom stereocenters. The predicted octanol–water partition coefficient (Wildman–Crippen LogP) is 3.68. The van der Waals surface area contributed by atoms with E-state index in [1.54, 1.807) is 11.8 Å². The maximum absolute atomic E-state index is 13.0. The molecule has 1 nitrogen and oxygen atoms in total. The summed E-state index contributed by atoms with van der Waals surface area (Å²) < 4.78 is 13.0. The second-order valence-corrected chi connectivity index (χ2v) is 3.92. The first-order valence-corrected chi connectivity index (χ1v) is 5.33. The number of aromatic amines is 1. The third-order valence-corrected chi connectivity index (χ3v) is 2.96. The second-order valence-electron chi connectivity index (χ2n) is 2.67. The molecule has 0 amide bonds. The first-order valence-electron chi connectivity index (χ1n) is 3.72. The predicted molar refractivity (Wildman–Crippen MR) is 55.0 cm³/mol. The number of rotatable bonds is 1. The van der Waals surface area contributed by atoms with E-state index in [1.807, 2.05) is 12.5 Å². The van der Waals surface area contributed by atoms with Crippen LogP contribution in [0.25, 0.3) is 10.9 Å². The summed E-state index contributed by atoms with van der Waals surface area (Å²) >= 11 is 7.42. The minimum atomic E-state index is -0.299. The van der Waals surface area contributed by atoms with Crippen molar-refractivity contribution in [3.8, 4) is 0 Å². The molecule has 4 heteroatoms. The van der Waals surface area contributed by atoms with Crippen molar-refractivity contribution in [2.45, 2.75) is 4.90 Å². The van der Waals surface area contributed by atoms with Crippen LogP contribution >= 0.6 is 23.4 Å². The van der Waals surface area contributed by atoms with Gasteiger partial charge in [-0.05, 0) is 18.4 Å². The molecule has 0 fully saturated rings. The standard InChI is InChI=1S/C9H7ClFNS/c1-13-8-4-12-9-6(8)2-5(11)3-7(9)10/h2-4,12H,1H3. The van der Waals surface area contributed by atoms with E-state index in [-0.39, 0.29) is 5.82 Å². The van der Waals surface area contributed by atoms with Crippen LogP contribution in [0.4, 0.5) is 4.39 Å². The van der Waals surface area contributed by atoms with Gasteiger partial charge in [-0.15, -0.1) is 11.8 Å². The number of H-pyrrole nitrogens is 1. The van der Waals surface area contributed by atoms with Crippen LogP contribution in [-0.2, 0) is 0 Å². The number of thioether (sulfide) groups is 1. The van der Waals surface area contributed by atoms with Gasteiger partial charge in [-0.25, -0.2) is 4.39 Å².